The van der Waals surface area contributed by atoms with E-state index in [1.165, 1.54) is 18.4 Å². The Hall–Kier alpha value is -0.970. The topological polar surface area (TPSA) is 49.4 Å². The van der Waals surface area contributed by atoms with Gasteiger partial charge in [-0.2, -0.15) is 0 Å². The Morgan fingerprint density at radius 3 is 2.73 bits per heavy atom. The van der Waals surface area contributed by atoms with E-state index >= 15 is 0 Å². The van der Waals surface area contributed by atoms with Gasteiger partial charge in [0, 0.05) is 17.9 Å². The minimum atomic E-state index is -0.314. The van der Waals surface area contributed by atoms with Crippen molar-refractivity contribution >= 4 is 23.6 Å². The van der Waals surface area contributed by atoms with Crippen LogP contribution in [-0.4, -0.2) is 40.4 Å². The summed E-state index contributed by atoms with van der Waals surface area (Å²) in [6, 6.07) is -0.154. The summed E-state index contributed by atoms with van der Waals surface area (Å²) in [7, 11) is 0. The highest BCUT2D eigenvalue weighted by Gasteiger charge is 2.34. The lowest BCUT2D eigenvalue weighted by Gasteiger charge is -2.25. The first kappa shape index (κ1) is 17.4. The number of hydrogen-bond acceptors (Lipinski definition) is 3. The summed E-state index contributed by atoms with van der Waals surface area (Å²) in [6.07, 6.45) is 7.09. The third-order valence-corrected chi connectivity index (χ3v) is 5.73. The van der Waals surface area contributed by atoms with Gasteiger partial charge in [-0.1, -0.05) is 19.4 Å². The molecule has 2 amide bonds. The van der Waals surface area contributed by atoms with Gasteiger partial charge in [-0.15, -0.1) is 11.8 Å². The number of carbonyl (C=O) groups excluding carboxylic acids is 2. The van der Waals surface area contributed by atoms with Crippen LogP contribution in [0.25, 0.3) is 0 Å². The third-order valence-electron chi connectivity index (χ3n) is 4.71. The molecule has 1 aliphatic heterocycles. The summed E-state index contributed by atoms with van der Waals surface area (Å²) in [4.78, 5) is 26.6. The van der Waals surface area contributed by atoms with Crippen LogP contribution in [0.1, 0.15) is 52.9 Å². The Bertz CT molecular complexity index is 440. The van der Waals surface area contributed by atoms with Gasteiger partial charge < -0.3 is 10.2 Å². The zero-order valence-electron chi connectivity index (χ0n) is 13.9. The monoisotopic (exact) mass is 324 g/mol. The molecule has 0 aromatic carbocycles. The first-order chi connectivity index (χ1) is 10.5. The van der Waals surface area contributed by atoms with Gasteiger partial charge in [0.2, 0.25) is 11.8 Å². The van der Waals surface area contributed by atoms with Crippen LogP contribution in [0.3, 0.4) is 0 Å². The Kier molecular flexibility index (Phi) is 6.36. The Balaban J connectivity index is 1.96. The zero-order valence-corrected chi connectivity index (χ0v) is 14.7. The number of nitrogens with one attached hydrogen (secondary N) is 1. The molecule has 22 heavy (non-hydrogen) atoms. The van der Waals surface area contributed by atoms with Crippen LogP contribution in [-0.2, 0) is 9.59 Å². The first-order valence-corrected chi connectivity index (χ1v) is 9.54. The van der Waals surface area contributed by atoms with Crippen LogP contribution in [0.4, 0.5) is 0 Å². The third kappa shape index (κ3) is 4.51. The Labute approximate surface area is 138 Å². The van der Waals surface area contributed by atoms with Crippen molar-refractivity contribution in [3.05, 3.63) is 11.6 Å². The molecule has 4 nitrogen and oxygen atoms in total. The highest BCUT2D eigenvalue weighted by molar-refractivity contribution is 7.99. The van der Waals surface area contributed by atoms with Crippen molar-refractivity contribution in [2.75, 3.05) is 11.6 Å². The lowest BCUT2D eigenvalue weighted by molar-refractivity contribution is -0.135. The number of rotatable bonds is 4. The Morgan fingerprint density at radius 1 is 1.41 bits per heavy atom. The largest absolute Gasteiger partial charge is 0.352 e. The van der Waals surface area contributed by atoms with E-state index in [1.54, 1.807) is 22.7 Å². The predicted molar refractivity (Wildman–Crippen MR) is 91.6 cm³/mol. The molecule has 2 unspecified atom stereocenters. The van der Waals surface area contributed by atoms with Crippen LogP contribution in [0.15, 0.2) is 11.6 Å². The molecule has 0 aromatic rings. The van der Waals surface area contributed by atoms with Crippen LogP contribution in [0.5, 0.6) is 0 Å². The van der Waals surface area contributed by atoms with Gasteiger partial charge in [0.25, 0.3) is 0 Å². The van der Waals surface area contributed by atoms with E-state index in [0.29, 0.717) is 11.6 Å². The molecule has 2 atom stereocenters. The first-order valence-electron chi connectivity index (χ1n) is 8.39. The molecule has 0 bridgehead atoms. The average molecular weight is 324 g/mol. The van der Waals surface area contributed by atoms with Crippen LogP contribution in [0.2, 0.25) is 0 Å². The molecular formula is C17H28N2O2S. The molecular weight excluding hydrogens is 296 g/mol. The van der Waals surface area contributed by atoms with Gasteiger partial charge in [0.1, 0.15) is 6.04 Å². The molecule has 0 aromatic heterocycles. The molecule has 1 saturated carbocycles. The molecule has 2 aliphatic rings. The molecule has 0 radical (unpaired) electrons. The maximum absolute atomic E-state index is 12.5. The normalized spacial score (nSPS) is 26.7. The molecule has 1 N–H and O–H groups in total. The lowest BCUT2D eigenvalue weighted by atomic mass is 9.87. The van der Waals surface area contributed by atoms with E-state index in [0.717, 1.165) is 25.2 Å². The van der Waals surface area contributed by atoms with Crippen molar-refractivity contribution < 1.29 is 9.59 Å². The molecule has 124 valence electrons. The number of allylic oxidation sites excluding steroid dienone is 1. The number of thioether (sulfide) groups is 1. The second-order valence-corrected chi connectivity index (χ2v) is 7.63. The molecule has 0 spiro atoms. The predicted octanol–water partition coefficient (Wildman–Crippen LogP) is 2.94. The number of nitrogens with zero attached hydrogens (tertiary/aromatic N) is 1. The molecule has 1 heterocycles. The second kappa shape index (κ2) is 8.04. The summed E-state index contributed by atoms with van der Waals surface area (Å²) in [5, 5.41) is 3.00. The fourth-order valence-corrected chi connectivity index (χ4v) is 4.02. The molecule has 1 aliphatic carbocycles. The summed E-state index contributed by atoms with van der Waals surface area (Å²) in [5.41, 5.74) is 1.25. The van der Waals surface area contributed by atoms with Crippen molar-refractivity contribution in [1.29, 1.82) is 0 Å². The molecule has 2 rings (SSSR count). The summed E-state index contributed by atoms with van der Waals surface area (Å²) in [5.74, 6) is 2.09. The average Bonchev–Trinajstić information content (AvgIpc) is 2.99. The summed E-state index contributed by atoms with van der Waals surface area (Å²) in [6.45, 7) is 6.31. The van der Waals surface area contributed by atoms with Gasteiger partial charge in [-0.05, 0) is 44.9 Å². The second-order valence-electron chi connectivity index (χ2n) is 6.63. The van der Waals surface area contributed by atoms with Crippen molar-refractivity contribution in [2.45, 2.75) is 65.0 Å². The highest BCUT2D eigenvalue weighted by Crippen LogP contribution is 2.28. The Morgan fingerprint density at radius 2 is 2.09 bits per heavy atom. The van der Waals surface area contributed by atoms with E-state index in [2.05, 4.69) is 12.2 Å². The maximum atomic E-state index is 12.5. The molecule has 1 saturated heterocycles. The van der Waals surface area contributed by atoms with Crippen molar-refractivity contribution in [2.24, 2.45) is 5.92 Å². The van der Waals surface area contributed by atoms with Crippen molar-refractivity contribution in [1.82, 2.24) is 10.2 Å². The van der Waals surface area contributed by atoms with Gasteiger partial charge in [0.05, 0.1) is 5.88 Å². The fourth-order valence-electron chi connectivity index (χ4n) is 2.85. The zero-order chi connectivity index (χ0) is 16.1. The number of hydrogen-bond donors (Lipinski definition) is 1. The van der Waals surface area contributed by atoms with Crippen LogP contribution >= 0.6 is 11.8 Å². The van der Waals surface area contributed by atoms with E-state index in [-0.39, 0.29) is 23.9 Å². The van der Waals surface area contributed by atoms with Gasteiger partial charge >= 0.3 is 0 Å². The summed E-state index contributed by atoms with van der Waals surface area (Å²) < 4.78 is 0. The fraction of sp³-hybridized carbons (Fsp3) is 0.765. The minimum absolute atomic E-state index is 0.0108. The van der Waals surface area contributed by atoms with Crippen LogP contribution < -0.4 is 5.32 Å². The van der Waals surface area contributed by atoms with Gasteiger partial charge in [-0.25, -0.2) is 0 Å². The number of carbonyl (C=O) groups is 2. The highest BCUT2D eigenvalue weighted by atomic mass is 32.2. The SMILES string of the molecule is CCC(C)NC(=O)C1CSCN1C(=O)C=C1CCC(C)CC1. The van der Waals surface area contributed by atoms with Crippen molar-refractivity contribution in [3.8, 4) is 0 Å². The van der Waals surface area contributed by atoms with Gasteiger partial charge in [0.15, 0.2) is 0 Å². The van der Waals surface area contributed by atoms with Gasteiger partial charge in [-0.3, -0.25) is 9.59 Å². The summed E-state index contributed by atoms with van der Waals surface area (Å²) >= 11 is 1.66. The van der Waals surface area contributed by atoms with Crippen LogP contribution in [0, 0.1) is 5.92 Å². The quantitative estimate of drug-likeness (QED) is 0.809. The molecule has 2 fully saturated rings. The molecule has 5 heteroatoms. The standard InChI is InChI=1S/C17H28N2O2S/c1-4-13(3)18-17(21)15-10-22-11-19(15)16(20)9-14-7-5-12(2)6-8-14/h9,12-13,15H,4-8,10-11H2,1-3H3,(H,18,21). The smallest absolute Gasteiger partial charge is 0.247 e. The van der Waals surface area contributed by atoms with E-state index in [1.807, 2.05) is 13.8 Å². The maximum Gasteiger partial charge on any atom is 0.247 e. The lowest BCUT2D eigenvalue weighted by Crippen LogP contribution is -2.49. The van der Waals surface area contributed by atoms with Crippen molar-refractivity contribution in [3.63, 3.8) is 0 Å². The van der Waals surface area contributed by atoms with E-state index in [9.17, 15) is 9.59 Å². The minimum Gasteiger partial charge on any atom is -0.352 e. The number of amides is 2. The van der Waals surface area contributed by atoms with E-state index in [4.69, 9.17) is 0 Å². The van der Waals surface area contributed by atoms with E-state index < -0.39 is 0 Å².